The summed E-state index contributed by atoms with van der Waals surface area (Å²) in [7, 11) is 0. The number of carbonyl (C=O) groups excluding carboxylic acids is 1. The summed E-state index contributed by atoms with van der Waals surface area (Å²) in [5, 5.41) is 10.6. The Kier molecular flexibility index (Phi) is 4.21. The highest BCUT2D eigenvalue weighted by atomic mass is 16.3. The number of aliphatic hydroxyl groups is 1. The molecule has 1 saturated carbocycles. The predicted molar refractivity (Wildman–Crippen MR) is 75.6 cm³/mol. The molecule has 2 fully saturated rings. The highest BCUT2D eigenvalue weighted by molar-refractivity contribution is 5.82. The molecule has 2 rings (SSSR count). The Morgan fingerprint density at radius 3 is 2.84 bits per heavy atom. The first-order chi connectivity index (χ1) is 8.95. The third kappa shape index (κ3) is 2.65. The normalized spacial score (nSPS) is 34.5. The molecule has 3 N–H and O–H groups in total. The lowest BCUT2D eigenvalue weighted by Gasteiger charge is -2.48. The van der Waals surface area contributed by atoms with E-state index in [0.29, 0.717) is 19.6 Å². The zero-order valence-electron chi connectivity index (χ0n) is 12.3. The van der Waals surface area contributed by atoms with Crippen LogP contribution in [0, 0.1) is 11.3 Å². The molecule has 0 aromatic rings. The quantitative estimate of drug-likeness (QED) is 0.815. The second-order valence-corrected chi connectivity index (χ2v) is 6.67. The maximum atomic E-state index is 12.6. The lowest BCUT2D eigenvalue weighted by atomic mass is 9.70. The topological polar surface area (TPSA) is 66.6 Å². The summed E-state index contributed by atoms with van der Waals surface area (Å²) in [6.07, 6.45) is 5.75. The van der Waals surface area contributed by atoms with Crippen molar-refractivity contribution >= 4 is 5.91 Å². The molecular formula is C15H28N2O2. The molecule has 1 saturated heterocycles. The lowest BCUT2D eigenvalue weighted by Crippen LogP contribution is -2.57. The molecule has 0 aromatic carbocycles. The van der Waals surface area contributed by atoms with Gasteiger partial charge in [0.2, 0.25) is 5.91 Å². The van der Waals surface area contributed by atoms with Gasteiger partial charge >= 0.3 is 0 Å². The van der Waals surface area contributed by atoms with Crippen molar-refractivity contribution in [1.82, 2.24) is 4.90 Å². The van der Waals surface area contributed by atoms with Crippen molar-refractivity contribution in [2.45, 2.75) is 58.0 Å². The monoisotopic (exact) mass is 268 g/mol. The van der Waals surface area contributed by atoms with Crippen LogP contribution in [-0.4, -0.2) is 41.1 Å². The van der Waals surface area contributed by atoms with E-state index in [1.165, 1.54) is 6.42 Å². The van der Waals surface area contributed by atoms with Gasteiger partial charge in [-0.2, -0.15) is 0 Å². The van der Waals surface area contributed by atoms with Gasteiger partial charge < -0.3 is 15.7 Å². The van der Waals surface area contributed by atoms with Crippen molar-refractivity contribution < 1.29 is 9.90 Å². The van der Waals surface area contributed by atoms with E-state index in [1.807, 2.05) is 18.7 Å². The molecule has 1 aliphatic heterocycles. The summed E-state index contributed by atoms with van der Waals surface area (Å²) in [6.45, 7) is 5.77. The Morgan fingerprint density at radius 1 is 1.47 bits per heavy atom. The first-order valence-corrected chi connectivity index (χ1v) is 7.67. The molecule has 0 bridgehead atoms. The summed E-state index contributed by atoms with van der Waals surface area (Å²) in [4.78, 5) is 14.6. The average molecular weight is 268 g/mol. The molecule has 4 heteroatoms. The molecule has 1 amide bonds. The molecule has 3 atom stereocenters. The van der Waals surface area contributed by atoms with E-state index in [-0.39, 0.29) is 11.8 Å². The van der Waals surface area contributed by atoms with Gasteiger partial charge in [-0.25, -0.2) is 0 Å². The minimum absolute atomic E-state index is 0.171. The smallest absolute Gasteiger partial charge is 0.229 e. The van der Waals surface area contributed by atoms with Crippen molar-refractivity contribution in [2.75, 3.05) is 19.6 Å². The van der Waals surface area contributed by atoms with Gasteiger partial charge in [-0.05, 0) is 32.6 Å². The van der Waals surface area contributed by atoms with Gasteiger partial charge in [0.1, 0.15) is 0 Å². The fourth-order valence-corrected chi connectivity index (χ4v) is 3.52. The Labute approximate surface area is 116 Å². The van der Waals surface area contributed by atoms with E-state index in [2.05, 4.69) is 0 Å². The molecule has 2 aliphatic rings. The van der Waals surface area contributed by atoms with Gasteiger partial charge in [0.05, 0.1) is 11.0 Å². The van der Waals surface area contributed by atoms with Gasteiger partial charge in [0.15, 0.2) is 0 Å². The highest BCUT2D eigenvalue weighted by Gasteiger charge is 2.45. The standard InChI is InChI=1S/C15H28N2O2/c1-3-14(2,11-16)13(18)17-9-8-15(19)7-5-4-6-12(15)10-17/h12,19H,3-11,16H2,1-2H3. The molecule has 19 heavy (non-hydrogen) atoms. The van der Waals surface area contributed by atoms with Crippen molar-refractivity contribution in [2.24, 2.45) is 17.1 Å². The number of hydrogen-bond donors (Lipinski definition) is 2. The zero-order chi connectivity index (χ0) is 14.1. The summed E-state index contributed by atoms with van der Waals surface area (Å²) >= 11 is 0. The summed E-state index contributed by atoms with van der Waals surface area (Å²) < 4.78 is 0. The van der Waals surface area contributed by atoms with Crippen LogP contribution in [0.4, 0.5) is 0 Å². The predicted octanol–water partition coefficient (Wildman–Crippen LogP) is 1.51. The minimum atomic E-state index is -0.514. The zero-order valence-corrected chi connectivity index (χ0v) is 12.3. The van der Waals surface area contributed by atoms with Crippen molar-refractivity contribution in [3.63, 3.8) is 0 Å². The number of amides is 1. The van der Waals surface area contributed by atoms with Crippen LogP contribution >= 0.6 is 0 Å². The minimum Gasteiger partial charge on any atom is -0.389 e. The molecule has 0 radical (unpaired) electrons. The molecule has 110 valence electrons. The second kappa shape index (κ2) is 5.41. The largest absolute Gasteiger partial charge is 0.389 e. The maximum absolute atomic E-state index is 12.6. The number of fused-ring (bicyclic) bond motifs is 1. The van der Waals surface area contributed by atoms with Crippen LogP contribution in [0.15, 0.2) is 0 Å². The van der Waals surface area contributed by atoms with Crippen LogP contribution in [0.25, 0.3) is 0 Å². The Morgan fingerprint density at radius 2 is 2.21 bits per heavy atom. The Balaban J connectivity index is 2.06. The molecular weight excluding hydrogens is 240 g/mol. The average Bonchev–Trinajstić information content (AvgIpc) is 2.44. The number of hydrogen-bond acceptors (Lipinski definition) is 3. The van der Waals surface area contributed by atoms with E-state index in [9.17, 15) is 9.90 Å². The lowest BCUT2D eigenvalue weighted by molar-refractivity contribution is -0.152. The Hall–Kier alpha value is -0.610. The number of piperidine rings is 1. The van der Waals surface area contributed by atoms with E-state index in [0.717, 1.165) is 32.1 Å². The van der Waals surface area contributed by atoms with Gasteiger partial charge in [-0.3, -0.25) is 4.79 Å². The molecule has 4 nitrogen and oxygen atoms in total. The third-order valence-corrected chi connectivity index (χ3v) is 5.46. The van der Waals surface area contributed by atoms with E-state index in [1.54, 1.807) is 0 Å². The van der Waals surface area contributed by atoms with Crippen molar-refractivity contribution in [1.29, 1.82) is 0 Å². The van der Waals surface area contributed by atoms with Crippen LogP contribution in [0.3, 0.4) is 0 Å². The number of rotatable bonds is 3. The van der Waals surface area contributed by atoms with Gasteiger partial charge in [-0.15, -0.1) is 0 Å². The summed E-state index contributed by atoms with van der Waals surface area (Å²) in [5.74, 6) is 0.433. The number of likely N-dealkylation sites (tertiary alicyclic amines) is 1. The van der Waals surface area contributed by atoms with Crippen LogP contribution < -0.4 is 5.73 Å². The number of carbonyl (C=O) groups is 1. The van der Waals surface area contributed by atoms with Crippen LogP contribution in [0.2, 0.25) is 0 Å². The SMILES string of the molecule is CCC(C)(CN)C(=O)N1CCC2(O)CCCCC2C1. The van der Waals surface area contributed by atoms with Crippen LogP contribution in [0.5, 0.6) is 0 Å². The molecule has 0 aromatic heterocycles. The Bertz CT molecular complexity index is 341. The molecule has 1 heterocycles. The summed E-state index contributed by atoms with van der Waals surface area (Å²) in [5.41, 5.74) is 4.83. The fraction of sp³-hybridized carbons (Fsp3) is 0.933. The molecule has 0 spiro atoms. The van der Waals surface area contributed by atoms with Gasteiger partial charge in [0, 0.05) is 25.6 Å². The van der Waals surface area contributed by atoms with E-state index >= 15 is 0 Å². The van der Waals surface area contributed by atoms with Crippen LogP contribution in [0.1, 0.15) is 52.4 Å². The molecule has 1 aliphatic carbocycles. The number of nitrogens with two attached hydrogens (primary N) is 1. The van der Waals surface area contributed by atoms with Gasteiger partial charge in [0.25, 0.3) is 0 Å². The fourth-order valence-electron chi connectivity index (χ4n) is 3.52. The first-order valence-electron chi connectivity index (χ1n) is 7.67. The molecule has 3 unspecified atom stereocenters. The van der Waals surface area contributed by atoms with Gasteiger partial charge in [-0.1, -0.05) is 19.8 Å². The second-order valence-electron chi connectivity index (χ2n) is 6.67. The van der Waals surface area contributed by atoms with Crippen molar-refractivity contribution in [3.05, 3.63) is 0 Å². The van der Waals surface area contributed by atoms with Crippen molar-refractivity contribution in [3.8, 4) is 0 Å². The summed E-state index contributed by atoms with van der Waals surface area (Å²) in [6, 6.07) is 0. The number of nitrogens with zero attached hydrogens (tertiary/aromatic N) is 1. The third-order valence-electron chi connectivity index (χ3n) is 5.46. The van der Waals surface area contributed by atoms with E-state index in [4.69, 9.17) is 5.73 Å². The highest BCUT2D eigenvalue weighted by Crippen LogP contribution is 2.40. The van der Waals surface area contributed by atoms with Crippen LogP contribution in [-0.2, 0) is 4.79 Å². The van der Waals surface area contributed by atoms with E-state index < -0.39 is 11.0 Å². The first kappa shape index (κ1) is 14.8. The maximum Gasteiger partial charge on any atom is 0.229 e.